The molecule has 1 atom stereocenters. The number of ether oxygens (including phenoxy) is 1. The van der Waals surface area contributed by atoms with Gasteiger partial charge >= 0.3 is 0 Å². The standard InChI is InChI=1S/C16H23ClN2O2.ClH/c1-18-13-4-3-9-19(11-13)16(20)8-6-12-5-7-15(21-2)14(17)10-12;/h5,7,10,13,18H,3-4,6,8-9,11H2,1-2H3;1H. The summed E-state index contributed by atoms with van der Waals surface area (Å²) in [4.78, 5) is 14.2. The van der Waals surface area contributed by atoms with Gasteiger partial charge in [-0.1, -0.05) is 17.7 Å². The molecule has 1 amide bonds. The molecule has 1 aromatic carbocycles. The molecule has 1 fully saturated rings. The normalized spacial score (nSPS) is 17.8. The highest BCUT2D eigenvalue weighted by atomic mass is 35.5. The zero-order chi connectivity index (χ0) is 15.2. The summed E-state index contributed by atoms with van der Waals surface area (Å²) in [5.41, 5.74) is 1.07. The zero-order valence-electron chi connectivity index (χ0n) is 13.1. The first-order valence-corrected chi connectivity index (χ1v) is 7.79. The van der Waals surface area contributed by atoms with Crippen molar-refractivity contribution in [2.75, 3.05) is 27.2 Å². The van der Waals surface area contributed by atoms with E-state index in [0.29, 0.717) is 29.7 Å². The Morgan fingerprint density at radius 2 is 2.27 bits per heavy atom. The Morgan fingerprint density at radius 1 is 1.50 bits per heavy atom. The first-order chi connectivity index (χ1) is 10.1. The monoisotopic (exact) mass is 346 g/mol. The second kappa shape index (κ2) is 9.23. The summed E-state index contributed by atoms with van der Waals surface area (Å²) < 4.78 is 5.13. The van der Waals surface area contributed by atoms with Crippen LogP contribution in [0.1, 0.15) is 24.8 Å². The predicted octanol–water partition coefficient (Wildman–Crippen LogP) is 2.91. The van der Waals surface area contributed by atoms with E-state index < -0.39 is 0 Å². The number of likely N-dealkylation sites (N-methyl/N-ethyl adjacent to an activating group) is 1. The number of aryl methyl sites for hydroxylation is 1. The van der Waals surface area contributed by atoms with Gasteiger partial charge in [0.1, 0.15) is 5.75 Å². The lowest BCUT2D eigenvalue weighted by atomic mass is 10.0. The Bertz CT molecular complexity index is 497. The van der Waals surface area contributed by atoms with Crippen molar-refractivity contribution in [1.29, 1.82) is 0 Å². The summed E-state index contributed by atoms with van der Waals surface area (Å²) in [7, 11) is 3.55. The quantitative estimate of drug-likeness (QED) is 0.891. The zero-order valence-corrected chi connectivity index (χ0v) is 14.7. The summed E-state index contributed by atoms with van der Waals surface area (Å²) in [6, 6.07) is 6.11. The van der Waals surface area contributed by atoms with E-state index in [1.54, 1.807) is 7.11 Å². The first-order valence-electron chi connectivity index (χ1n) is 7.41. The molecule has 4 nitrogen and oxygen atoms in total. The second-order valence-corrected chi connectivity index (χ2v) is 5.84. The molecule has 1 N–H and O–H groups in total. The van der Waals surface area contributed by atoms with Gasteiger partial charge in [0.05, 0.1) is 12.1 Å². The molecule has 0 radical (unpaired) electrons. The van der Waals surface area contributed by atoms with Gasteiger partial charge in [-0.3, -0.25) is 4.79 Å². The maximum atomic E-state index is 12.3. The van der Waals surface area contributed by atoms with Gasteiger partial charge in [-0.2, -0.15) is 0 Å². The number of amides is 1. The number of nitrogens with one attached hydrogen (secondary N) is 1. The van der Waals surface area contributed by atoms with E-state index in [-0.39, 0.29) is 18.3 Å². The molecule has 0 saturated carbocycles. The number of hydrogen-bond donors (Lipinski definition) is 1. The number of nitrogens with zero attached hydrogens (tertiary/aromatic N) is 1. The van der Waals surface area contributed by atoms with Crippen LogP contribution in [0.25, 0.3) is 0 Å². The minimum Gasteiger partial charge on any atom is -0.495 e. The molecule has 6 heteroatoms. The van der Waals surface area contributed by atoms with Crippen molar-refractivity contribution in [3.63, 3.8) is 0 Å². The van der Waals surface area contributed by atoms with E-state index >= 15 is 0 Å². The number of benzene rings is 1. The predicted molar refractivity (Wildman–Crippen MR) is 92.2 cm³/mol. The number of rotatable bonds is 5. The van der Waals surface area contributed by atoms with Crippen molar-refractivity contribution in [2.24, 2.45) is 0 Å². The van der Waals surface area contributed by atoms with Crippen molar-refractivity contribution in [3.8, 4) is 5.75 Å². The average molecular weight is 347 g/mol. The fourth-order valence-electron chi connectivity index (χ4n) is 2.71. The van der Waals surface area contributed by atoms with Gasteiger partial charge in [0.25, 0.3) is 0 Å². The minimum absolute atomic E-state index is 0. The van der Waals surface area contributed by atoms with Crippen molar-refractivity contribution in [3.05, 3.63) is 28.8 Å². The molecule has 1 aliphatic heterocycles. The molecule has 0 bridgehead atoms. The molecular weight excluding hydrogens is 323 g/mol. The van der Waals surface area contributed by atoms with Gasteiger partial charge in [0, 0.05) is 25.6 Å². The van der Waals surface area contributed by atoms with Crippen molar-refractivity contribution in [2.45, 2.75) is 31.7 Å². The third-order valence-corrected chi connectivity index (χ3v) is 4.32. The SMILES string of the molecule is CNC1CCCN(C(=O)CCc2ccc(OC)c(Cl)c2)C1.Cl. The Kier molecular flexibility index (Phi) is 8.01. The van der Waals surface area contributed by atoms with Crippen molar-refractivity contribution >= 4 is 29.9 Å². The molecule has 0 aromatic heterocycles. The third kappa shape index (κ3) is 5.04. The summed E-state index contributed by atoms with van der Waals surface area (Å²) in [5.74, 6) is 0.890. The first kappa shape index (κ1) is 19.1. The van der Waals surface area contributed by atoms with Gasteiger partial charge in [-0.15, -0.1) is 12.4 Å². The van der Waals surface area contributed by atoms with Crippen LogP contribution in [0.4, 0.5) is 0 Å². The van der Waals surface area contributed by atoms with Crippen LogP contribution in [0.3, 0.4) is 0 Å². The minimum atomic E-state index is 0. The number of hydrogen-bond acceptors (Lipinski definition) is 3. The van der Waals surface area contributed by atoms with Crippen LogP contribution < -0.4 is 10.1 Å². The lowest BCUT2D eigenvalue weighted by Crippen LogP contribution is -2.47. The molecule has 2 rings (SSSR count). The lowest BCUT2D eigenvalue weighted by molar-refractivity contribution is -0.132. The molecule has 1 aromatic rings. The second-order valence-electron chi connectivity index (χ2n) is 5.44. The lowest BCUT2D eigenvalue weighted by Gasteiger charge is -2.32. The number of halogens is 2. The summed E-state index contributed by atoms with van der Waals surface area (Å²) in [6.07, 6.45) is 3.46. The average Bonchev–Trinajstić information content (AvgIpc) is 2.52. The smallest absolute Gasteiger partial charge is 0.222 e. The molecule has 124 valence electrons. The molecule has 1 unspecified atom stereocenters. The van der Waals surface area contributed by atoms with Gasteiger partial charge < -0.3 is 15.0 Å². The Labute approximate surface area is 143 Å². The van der Waals surface area contributed by atoms with E-state index in [9.17, 15) is 4.79 Å². The Balaban J connectivity index is 0.00000242. The van der Waals surface area contributed by atoms with Crippen LogP contribution in [0.15, 0.2) is 18.2 Å². The Morgan fingerprint density at radius 3 is 2.91 bits per heavy atom. The van der Waals surface area contributed by atoms with E-state index in [2.05, 4.69) is 5.32 Å². The topological polar surface area (TPSA) is 41.6 Å². The van der Waals surface area contributed by atoms with Crippen LogP contribution in [-0.4, -0.2) is 44.1 Å². The molecule has 0 spiro atoms. The number of methoxy groups -OCH3 is 1. The van der Waals surface area contributed by atoms with Crippen LogP contribution in [0.2, 0.25) is 5.02 Å². The van der Waals surface area contributed by atoms with Gasteiger partial charge in [-0.25, -0.2) is 0 Å². The van der Waals surface area contributed by atoms with Crippen molar-refractivity contribution in [1.82, 2.24) is 10.2 Å². The van der Waals surface area contributed by atoms with Gasteiger partial charge in [0.15, 0.2) is 0 Å². The van der Waals surface area contributed by atoms with E-state index in [1.165, 1.54) is 0 Å². The van der Waals surface area contributed by atoms with Gasteiger partial charge in [-0.05, 0) is 44.0 Å². The molecule has 1 aliphatic rings. The highest BCUT2D eigenvalue weighted by molar-refractivity contribution is 6.32. The molecule has 1 saturated heterocycles. The van der Waals surface area contributed by atoms with Crippen LogP contribution in [-0.2, 0) is 11.2 Å². The number of carbonyl (C=O) groups excluding carboxylic acids is 1. The summed E-state index contributed by atoms with van der Waals surface area (Å²) >= 11 is 6.10. The fourth-order valence-corrected chi connectivity index (χ4v) is 2.99. The third-order valence-electron chi connectivity index (χ3n) is 4.03. The molecule has 1 heterocycles. The van der Waals surface area contributed by atoms with Gasteiger partial charge in [0.2, 0.25) is 5.91 Å². The number of likely N-dealkylation sites (tertiary alicyclic amines) is 1. The maximum Gasteiger partial charge on any atom is 0.222 e. The largest absolute Gasteiger partial charge is 0.495 e. The number of carbonyl (C=O) groups is 1. The van der Waals surface area contributed by atoms with Crippen LogP contribution >= 0.6 is 24.0 Å². The fraction of sp³-hybridized carbons (Fsp3) is 0.562. The highest BCUT2D eigenvalue weighted by Crippen LogP contribution is 2.25. The number of piperidine rings is 1. The van der Waals surface area contributed by atoms with Crippen LogP contribution in [0.5, 0.6) is 5.75 Å². The van der Waals surface area contributed by atoms with E-state index in [1.807, 2.05) is 30.1 Å². The molecule has 22 heavy (non-hydrogen) atoms. The van der Waals surface area contributed by atoms with E-state index in [0.717, 1.165) is 31.5 Å². The highest BCUT2D eigenvalue weighted by Gasteiger charge is 2.22. The molecule has 0 aliphatic carbocycles. The summed E-state index contributed by atoms with van der Waals surface area (Å²) in [5, 5.41) is 3.85. The summed E-state index contributed by atoms with van der Waals surface area (Å²) in [6.45, 7) is 1.69. The Hall–Kier alpha value is -0.970. The van der Waals surface area contributed by atoms with Crippen molar-refractivity contribution < 1.29 is 9.53 Å². The van der Waals surface area contributed by atoms with Crippen LogP contribution in [0, 0.1) is 0 Å². The maximum absolute atomic E-state index is 12.3. The molecular formula is C16H24Cl2N2O2. The van der Waals surface area contributed by atoms with E-state index in [4.69, 9.17) is 16.3 Å².